The molecule has 1 aromatic carbocycles. The summed E-state index contributed by atoms with van der Waals surface area (Å²) < 4.78 is 7.01. The number of rotatable bonds is 7. The normalized spacial score (nSPS) is 12.6. The second-order valence-electron chi connectivity index (χ2n) is 4.16. The minimum absolute atomic E-state index is 0.240. The van der Waals surface area contributed by atoms with Crippen molar-refractivity contribution >= 4 is 23.4 Å². The second-order valence-corrected chi connectivity index (χ2v) is 5.55. The lowest BCUT2D eigenvalue weighted by molar-refractivity contribution is 0.0398. The summed E-state index contributed by atoms with van der Waals surface area (Å²) in [6.07, 6.45) is -0.584. The monoisotopic (exact) mass is 314 g/mol. The van der Waals surface area contributed by atoms with E-state index in [1.54, 1.807) is 11.7 Å². The lowest BCUT2D eigenvalue weighted by Gasteiger charge is -2.11. The first kappa shape index (κ1) is 15.2. The van der Waals surface area contributed by atoms with Gasteiger partial charge in [-0.3, -0.25) is 0 Å². The highest BCUT2D eigenvalue weighted by molar-refractivity contribution is 7.99. The lowest BCUT2D eigenvalue weighted by Crippen LogP contribution is -2.18. The number of halogens is 1. The molecule has 0 saturated carbocycles. The van der Waals surface area contributed by atoms with E-state index >= 15 is 0 Å². The maximum absolute atomic E-state index is 9.83. The molecule has 1 aromatic heterocycles. The predicted molar refractivity (Wildman–Crippen MR) is 76.6 cm³/mol. The molecule has 0 aliphatic heterocycles. The highest BCUT2D eigenvalue weighted by Crippen LogP contribution is 2.17. The van der Waals surface area contributed by atoms with Gasteiger partial charge in [-0.1, -0.05) is 41.6 Å². The van der Waals surface area contributed by atoms with E-state index < -0.39 is 6.10 Å². The van der Waals surface area contributed by atoms with Gasteiger partial charge in [-0.05, 0) is 22.1 Å². The van der Waals surface area contributed by atoms with Crippen LogP contribution in [0.1, 0.15) is 5.56 Å². The van der Waals surface area contributed by atoms with Crippen molar-refractivity contribution in [2.75, 3.05) is 12.4 Å². The van der Waals surface area contributed by atoms with Crippen LogP contribution in [-0.4, -0.2) is 43.8 Å². The van der Waals surface area contributed by atoms with Crippen molar-refractivity contribution in [2.24, 2.45) is 7.05 Å². The average Bonchev–Trinajstić information content (AvgIpc) is 2.84. The third-order valence-corrected chi connectivity index (χ3v) is 4.04. The molecule has 2 aromatic rings. The molecule has 1 unspecified atom stereocenters. The first-order valence-corrected chi connectivity index (χ1v) is 7.37. The van der Waals surface area contributed by atoms with Crippen molar-refractivity contribution in [1.29, 1.82) is 0 Å². The summed E-state index contributed by atoms with van der Waals surface area (Å²) in [6.45, 7) is 0.621. The Balaban J connectivity index is 1.69. The van der Waals surface area contributed by atoms with Crippen LogP contribution in [0.15, 0.2) is 29.4 Å². The number of tetrazole rings is 1. The molecule has 20 heavy (non-hydrogen) atoms. The van der Waals surface area contributed by atoms with E-state index in [1.807, 2.05) is 24.3 Å². The molecule has 0 aliphatic rings. The summed E-state index contributed by atoms with van der Waals surface area (Å²) in [5, 5.41) is 22.2. The van der Waals surface area contributed by atoms with Crippen LogP contribution in [-0.2, 0) is 18.4 Å². The van der Waals surface area contributed by atoms with Crippen molar-refractivity contribution in [3.05, 3.63) is 34.9 Å². The molecule has 108 valence electrons. The van der Waals surface area contributed by atoms with Gasteiger partial charge in [-0.25, -0.2) is 4.68 Å². The highest BCUT2D eigenvalue weighted by Gasteiger charge is 2.09. The van der Waals surface area contributed by atoms with Crippen molar-refractivity contribution < 1.29 is 9.84 Å². The number of aryl methyl sites for hydroxylation is 1. The molecule has 1 N–H and O–H groups in total. The van der Waals surface area contributed by atoms with Crippen LogP contribution in [0.3, 0.4) is 0 Å². The quantitative estimate of drug-likeness (QED) is 0.781. The molecule has 1 atom stereocenters. The van der Waals surface area contributed by atoms with Crippen LogP contribution in [0.5, 0.6) is 0 Å². The van der Waals surface area contributed by atoms with Gasteiger partial charge in [0.1, 0.15) is 0 Å². The van der Waals surface area contributed by atoms with Crippen LogP contribution in [0.4, 0.5) is 0 Å². The van der Waals surface area contributed by atoms with E-state index in [4.69, 9.17) is 16.3 Å². The first-order chi connectivity index (χ1) is 9.66. The van der Waals surface area contributed by atoms with Gasteiger partial charge in [0.15, 0.2) is 0 Å². The number of hydrogen-bond acceptors (Lipinski definition) is 6. The summed E-state index contributed by atoms with van der Waals surface area (Å²) in [4.78, 5) is 0. The molecule has 0 fully saturated rings. The van der Waals surface area contributed by atoms with Crippen LogP contribution < -0.4 is 0 Å². The Morgan fingerprint density at radius 3 is 2.95 bits per heavy atom. The average molecular weight is 315 g/mol. The maximum atomic E-state index is 9.83. The van der Waals surface area contributed by atoms with Crippen molar-refractivity contribution in [2.45, 2.75) is 17.9 Å². The van der Waals surface area contributed by atoms with E-state index in [2.05, 4.69) is 15.5 Å². The number of benzene rings is 1. The summed E-state index contributed by atoms with van der Waals surface area (Å²) in [7, 11) is 1.75. The fourth-order valence-electron chi connectivity index (χ4n) is 1.48. The standard InChI is InChI=1S/C12H15ClN4O2S/c1-17-12(14-15-16-17)20-8-10(18)7-19-6-9-4-2-3-5-11(9)13/h2-5,10,18H,6-8H2,1H3. The van der Waals surface area contributed by atoms with Gasteiger partial charge in [-0.2, -0.15) is 0 Å². The number of aliphatic hydroxyl groups is 1. The zero-order chi connectivity index (χ0) is 14.4. The zero-order valence-corrected chi connectivity index (χ0v) is 12.5. The van der Waals surface area contributed by atoms with E-state index in [0.29, 0.717) is 22.5 Å². The van der Waals surface area contributed by atoms with Gasteiger partial charge in [-0.15, -0.1) is 5.10 Å². The Morgan fingerprint density at radius 2 is 2.25 bits per heavy atom. The van der Waals surface area contributed by atoms with Crippen LogP contribution in [0.2, 0.25) is 5.02 Å². The van der Waals surface area contributed by atoms with Crippen molar-refractivity contribution in [3.8, 4) is 0 Å². The Morgan fingerprint density at radius 1 is 1.45 bits per heavy atom. The Hall–Kier alpha value is -1.15. The molecule has 8 heteroatoms. The van der Waals surface area contributed by atoms with Gasteiger partial charge < -0.3 is 9.84 Å². The highest BCUT2D eigenvalue weighted by atomic mass is 35.5. The fraction of sp³-hybridized carbons (Fsp3) is 0.417. The number of aromatic nitrogens is 4. The van der Waals surface area contributed by atoms with E-state index in [1.165, 1.54) is 11.8 Å². The van der Waals surface area contributed by atoms with Crippen molar-refractivity contribution in [1.82, 2.24) is 20.2 Å². The third kappa shape index (κ3) is 4.45. The first-order valence-electron chi connectivity index (χ1n) is 6.01. The number of thioether (sulfide) groups is 1. The fourth-order valence-corrected chi connectivity index (χ4v) is 2.43. The molecule has 0 amide bonds. The molecule has 1 heterocycles. The smallest absolute Gasteiger partial charge is 0.209 e. The summed E-state index contributed by atoms with van der Waals surface area (Å²) in [5.74, 6) is 0.469. The number of hydrogen-bond donors (Lipinski definition) is 1. The maximum Gasteiger partial charge on any atom is 0.209 e. The molecule has 0 radical (unpaired) electrons. The Kier molecular flexibility index (Phi) is 5.78. The predicted octanol–water partition coefficient (Wildman–Crippen LogP) is 1.53. The zero-order valence-electron chi connectivity index (χ0n) is 10.9. The van der Waals surface area contributed by atoms with Crippen LogP contribution >= 0.6 is 23.4 Å². The lowest BCUT2D eigenvalue weighted by atomic mass is 10.2. The summed E-state index contributed by atoms with van der Waals surface area (Å²) >= 11 is 7.40. The molecule has 0 bridgehead atoms. The number of aliphatic hydroxyl groups excluding tert-OH is 1. The molecule has 0 aliphatic carbocycles. The van der Waals surface area contributed by atoms with E-state index in [-0.39, 0.29) is 6.61 Å². The minimum atomic E-state index is -0.584. The molecule has 2 rings (SSSR count). The van der Waals surface area contributed by atoms with Gasteiger partial charge in [0, 0.05) is 17.8 Å². The van der Waals surface area contributed by atoms with Gasteiger partial charge in [0.2, 0.25) is 5.16 Å². The number of ether oxygens (including phenoxy) is 1. The van der Waals surface area contributed by atoms with Crippen LogP contribution in [0.25, 0.3) is 0 Å². The topological polar surface area (TPSA) is 73.1 Å². The van der Waals surface area contributed by atoms with Gasteiger partial charge in [0.25, 0.3) is 0 Å². The molecule has 6 nitrogen and oxygen atoms in total. The number of nitrogens with zero attached hydrogens (tertiary/aromatic N) is 4. The second kappa shape index (κ2) is 7.58. The van der Waals surface area contributed by atoms with E-state index in [0.717, 1.165) is 5.56 Å². The molecule has 0 saturated heterocycles. The Bertz CT molecular complexity index is 552. The summed E-state index contributed by atoms with van der Waals surface area (Å²) in [6, 6.07) is 7.48. The Labute approximate surface area is 126 Å². The molecular formula is C12H15ClN4O2S. The summed E-state index contributed by atoms with van der Waals surface area (Å²) in [5.41, 5.74) is 0.909. The minimum Gasteiger partial charge on any atom is -0.390 e. The van der Waals surface area contributed by atoms with Gasteiger partial charge >= 0.3 is 0 Å². The molecular weight excluding hydrogens is 300 g/mol. The van der Waals surface area contributed by atoms with Crippen molar-refractivity contribution in [3.63, 3.8) is 0 Å². The third-order valence-electron chi connectivity index (χ3n) is 2.51. The van der Waals surface area contributed by atoms with E-state index in [9.17, 15) is 5.11 Å². The van der Waals surface area contributed by atoms with Crippen LogP contribution in [0, 0.1) is 0 Å². The van der Waals surface area contributed by atoms with Gasteiger partial charge in [0.05, 0.1) is 19.3 Å². The largest absolute Gasteiger partial charge is 0.390 e. The molecule has 0 spiro atoms. The SMILES string of the molecule is Cn1nnnc1SCC(O)COCc1ccccc1Cl.